The number of Topliss-reactive ketones (excluding diaryl/α,β-unsaturated/α-hetero) is 1. The molecule has 1 amide bonds. The molecule has 2 N–H and O–H groups in total. The number of allylic oxidation sites excluding steroid dienone is 3. The Balaban J connectivity index is 1.83. The highest BCUT2D eigenvalue weighted by molar-refractivity contribution is 8.00. The van der Waals surface area contributed by atoms with E-state index in [1.807, 2.05) is 20.1 Å². The molecule has 7 heteroatoms. The molecule has 0 spiro atoms. The molecule has 1 aliphatic carbocycles. The van der Waals surface area contributed by atoms with Crippen molar-refractivity contribution in [1.82, 2.24) is 5.32 Å². The summed E-state index contributed by atoms with van der Waals surface area (Å²) in [4.78, 5) is 28.1. The highest BCUT2D eigenvalue weighted by atomic mass is 32.2. The van der Waals surface area contributed by atoms with E-state index in [-0.39, 0.29) is 22.9 Å². The molecule has 0 fully saturated rings. The van der Waals surface area contributed by atoms with Gasteiger partial charge in [0.15, 0.2) is 5.78 Å². The molecule has 32 heavy (non-hydrogen) atoms. The maximum Gasteiger partial charge on any atom is 0.254 e. The van der Waals surface area contributed by atoms with E-state index in [2.05, 4.69) is 30.5 Å². The number of benzene rings is 1. The number of halogens is 1. The molecule has 0 radical (unpaired) electrons. The van der Waals surface area contributed by atoms with E-state index in [1.54, 1.807) is 23.1 Å². The van der Waals surface area contributed by atoms with Gasteiger partial charge in [-0.05, 0) is 67.8 Å². The number of anilines is 1. The van der Waals surface area contributed by atoms with Crippen LogP contribution in [0.4, 0.5) is 10.1 Å². The minimum atomic E-state index is -0.428. The van der Waals surface area contributed by atoms with Crippen LogP contribution in [0, 0.1) is 18.2 Å². The number of thiophene rings is 1. The lowest BCUT2D eigenvalue weighted by molar-refractivity contribution is -0.118. The molecule has 1 aliphatic heterocycles. The van der Waals surface area contributed by atoms with Gasteiger partial charge in [-0.3, -0.25) is 9.59 Å². The van der Waals surface area contributed by atoms with Gasteiger partial charge < -0.3 is 10.6 Å². The Bertz CT molecular complexity index is 1160. The van der Waals surface area contributed by atoms with Gasteiger partial charge in [0.1, 0.15) is 5.82 Å². The number of hydrogen-bond donors (Lipinski definition) is 2. The molecule has 0 bridgehead atoms. The number of dihydropyridines is 1. The quantitative estimate of drug-likeness (QED) is 0.526. The zero-order valence-electron chi connectivity index (χ0n) is 18.9. The summed E-state index contributed by atoms with van der Waals surface area (Å²) in [6.07, 6.45) is 3.23. The van der Waals surface area contributed by atoms with Crippen molar-refractivity contribution in [2.45, 2.75) is 50.7 Å². The molecule has 1 aromatic heterocycles. The summed E-state index contributed by atoms with van der Waals surface area (Å²) >= 11 is 3.32. The first-order valence-electron chi connectivity index (χ1n) is 10.5. The zero-order chi connectivity index (χ0) is 23.2. The van der Waals surface area contributed by atoms with Crippen molar-refractivity contribution in [3.63, 3.8) is 0 Å². The fraction of sp³-hybridized carbons (Fsp3) is 0.360. The van der Waals surface area contributed by atoms with Crippen LogP contribution in [0.2, 0.25) is 0 Å². The summed E-state index contributed by atoms with van der Waals surface area (Å²) in [5.74, 6) is -0.988. The van der Waals surface area contributed by atoms with Crippen LogP contribution in [-0.4, -0.2) is 17.9 Å². The van der Waals surface area contributed by atoms with Crippen molar-refractivity contribution in [3.05, 3.63) is 69.1 Å². The third kappa shape index (κ3) is 4.28. The Kier molecular flexibility index (Phi) is 6.07. The lowest BCUT2D eigenvalue weighted by Crippen LogP contribution is -2.39. The molecule has 4 rings (SSSR count). The largest absolute Gasteiger partial charge is 0.362 e. The number of amides is 1. The van der Waals surface area contributed by atoms with Crippen molar-refractivity contribution >= 4 is 40.5 Å². The van der Waals surface area contributed by atoms with Crippen molar-refractivity contribution in [2.75, 3.05) is 11.6 Å². The second-order valence-corrected chi connectivity index (χ2v) is 11.5. The molecule has 0 unspecified atom stereocenters. The fourth-order valence-corrected chi connectivity index (χ4v) is 6.57. The van der Waals surface area contributed by atoms with E-state index in [0.29, 0.717) is 23.3 Å². The van der Waals surface area contributed by atoms with Gasteiger partial charge in [-0.2, -0.15) is 0 Å². The number of aryl methyl sites for hydroxylation is 1. The maximum absolute atomic E-state index is 13.5. The van der Waals surface area contributed by atoms with E-state index in [1.165, 1.54) is 24.3 Å². The monoisotopic (exact) mass is 470 g/mol. The molecule has 4 nitrogen and oxygen atoms in total. The first kappa shape index (κ1) is 22.8. The van der Waals surface area contributed by atoms with Crippen LogP contribution < -0.4 is 10.6 Å². The highest BCUT2D eigenvalue weighted by Crippen LogP contribution is 2.49. The Morgan fingerprint density at radius 2 is 1.91 bits per heavy atom. The van der Waals surface area contributed by atoms with E-state index < -0.39 is 5.92 Å². The SMILES string of the molecule is CSc1sc(C)cc1[C@H]1C(C(=O)Nc2ccc(F)cc2)=C(C)NC2=C1C(=O)CC(C)(C)C2. The van der Waals surface area contributed by atoms with E-state index in [4.69, 9.17) is 0 Å². The number of carbonyl (C=O) groups is 2. The molecular formula is C25H27FN2O2S2. The topological polar surface area (TPSA) is 58.2 Å². The van der Waals surface area contributed by atoms with Gasteiger partial charge in [-0.15, -0.1) is 23.1 Å². The van der Waals surface area contributed by atoms with Crippen LogP contribution in [0.1, 0.15) is 50.0 Å². The van der Waals surface area contributed by atoms with Crippen LogP contribution >= 0.6 is 23.1 Å². The summed E-state index contributed by atoms with van der Waals surface area (Å²) in [5, 5.41) is 6.29. The van der Waals surface area contributed by atoms with Crippen LogP contribution in [0.25, 0.3) is 0 Å². The molecular weight excluding hydrogens is 443 g/mol. The van der Waals surface area contributed by atoms with Crippen LogP contribution in [0.15, 0.2) is 57.1 Å². The van der Waals surface area contributed by atoms with Crippen molar-refractivity contribution < 1.29 is 14.0 Å². The fourth-order valence-electron chi connectivity index (χ4n) is 4.65. The van der Waals surface area contributed by atoms with E-state index in [9.17, 15) is 14.0 Å². The minimum Gasteiger partial charge on any atom is -0.362 e. The smallest absolute Gasteiger partial charge is 0.254 e. The van der Waals surface area contributed by atoms with Gasteiger partial charge in [0.25, 0.3) is 5.91 Å². The summed E-state index contributed by atoms with van der Waals surface area (Å²) in [5.41, 5.74) is 4.29. The number of carbonyl (C=O) groups excluding carboxylic acids is 2. The van der Waals surface area contributed by atoms with E-state index >= 15 is 0 Å². The summed E-state index contributed by atoms with van der Waals surface area (Å²) in [6.45, 7) is 8.14. The van der Waals surface area contributed by atoms with Gasteiger partial charge >= 0.3 is 0 Å². The molecule has 0 saturated heterocycles. The average molecular weight is 471 g/mol. The van der Waals surface area contributed by atoms with Gasteiger partial charge in [-0.25, -0.2) is 4.39 Å². The Labute approximate surface area is 196 Å². The predicted octanol–water partition coefficient (Wildman–Crippen LogP) is 6.16. The molecule has 2 heterocycles. The summed E-state index contributed by atoms with van der Waals surface area (Å²) in [7, 11) is 0. The summed E-state index contributed by atoms with van der Waals surface area (Å²) in [6, 6.07) is 7.80. The number of rotatable bonds is 4. The lowest BCUT2D eigenvalue weighted by atomic mass is 9.69. The molecule has 2 aromatic rings. The Hall–Kier alpha value is -2.38. The second kappa shape index (κ2) is 8.52. The minimum absolute atomic E-state index is 0.0873. The highest BCUT2D eigenvalue weighted by Gasteiger charge is 2.43. The first-order chi connectivity index (χ1) is 15.1. The number of thioether (sulfide) groups is 1. The molecule has 168 valence electrons. The molecule has 1 aromatic carbocycles. The van der Waals surface area contributed by atoms with E-state index in [0.717, 1.165) is 32.5 Å². The third-order valence-corrected chi connectivity index (χ3v) is 8.15. The normalized spacial score (nSPS) is 20.2. The average Bonchev–Trinajstić information content (AvgIpc) is 3.08. The van der Waals surface area contributed by atoms with Crippen LogP contribution in [-0.2, 0) is 9.59 Å². The maximum atomic E-state index is 13.5. The lowest BCUT2D eigenvalue weighted by Gasteiger charge is -2.39. The molecule has 1 atom stereocenters. The Morgan fingerprint density at radius 1 is 1.22 bits per heavy atom. The second-order valence-electron chi connectivity index (χ2n) is 9.19. The van der Waals surface area contributed by atoms with Gasteiger partial charge in [0.2, 0.25) is 0 Å². The Morgan fingerprint density at radius 3 is 2.56 bits per heavy atom. The van der Waals surface area contributed by atoms with Crippen LogP contribution in [0.5, 0.6) is 0 Å². The molecule has 0 saturated carbocycles. The van der Waals surface area contributed by atoms with Gasteiger partial charge in [0, 0.05) is 45.4 Å². The predicted molar refractivity (Wildman–Crippen MR) is 129 cm³/mol. The number of ketones is 1. The van der Waals surface area contributed by atoms with Crippen LogP contribution in [0.3, 0.4) is 0 Å². The standard InChI is InChI=1S/C25H27FN2O2S2/c1-13-10-17(24(31-5)32-13)21-20(23(30)28-16-8-6-15(26)7-9-16)14(2)27-18-11-25(3,4)12-19(29)22(18)21/h6-10,21,27H,11-12H2,1-5H3,(H,28,30)/t21-/m0/s1. The van der Waals surface area contributed by atoms with Gasteiger partial charge in [-0.1, -0.05) is 13.8 Å². The summed E-state index contributed by atoms with van der Waals surface area (Å²) < 4.78 is 14.4. The van der Waals surface area contributed by atoms with Crippen molar-refractivity contribution in [3.8, 4) is 0 Å². The molecule has 2 aliphatic rings. The van der Waals surface area contributed by atoms with Crippen molar-refractivity contribution in [2.24, 2.45) is 5.41 Å². The zero-order valence-corrected chi connectivity index (χ0v) is 20.5. The third-order valence-electron chi connectivity index (χ3n) is 5.93. The van der Waals surface area contributed by atoms with Crippen molar-refractivity contribution in [1.29, 1.82) is 0 Å². The first-order valence-corrected chi connectivity index (χ1v) is 12.6. The number of hydrogen-bond acceptors (Lipinski definition) is 5. The number of nitrogens with one attached hydrogen (secondary N) is 2. The van der Waals surface area contributed by atoms with Gasteiger partial charge in [0.05, 0.1) is 4.21 Å².